The molecule has 0 aromatic heterocycles. The van der Waals surface area contributed by atoms with Gasteiger partial charge in [0.05, 0.1) is 6.54 Å². The van der Waals surface area contributed by atoms with Gasteiger partial charge in [-0.15, -0.1) is 0 Å². The van der Waals surface area contributed by atoms with Crippen molar-refractivity contribution in [3.63, 3.8) is 0 Å². The number of carbonyl (C=O) groups excluding carboxylic acids is 2. The Labute approximate surface area is 132 Å². The van der Waals surface area contributed by atoms with Gasteiger partial charge in [0.25, 0.3) is 0 Å². The number of cyclic esters (lactones) is 1. The summed E-state index contributed by atoms with van der Waals surface area (Å²) in [5, 5.41) is 0. The first-order chi connectivity index (χ1) is 10.1. The maximum atomic E-state index is 12.2. The third kappa shape index (κ3) is 4.27. The SMILES string of the molecule is CC(C)(C)OC(=O)N1CCCC(N2CC(C)(C)OC2=O)CC1. The zero-order valence-electron chi connectivity index (χ0n) is 14.3. The second kappa shape index (κ2) is 5.97. The van der Waals surface area contributed by atoms with E-state index in [9.17, 15) is 9.59 Å². The summed E-state index contributed by atoms with van der Waals surface area (Å²) in [6.45, 7) is 11.4. The molecule has 2 saturated heterocycles. The number of nitrogens with zero attached hydrogens (tertiary/aromatic N) is 2. The summed E-state index contributed by atoms with van der Waals surface area (Å²) in [4.78, 5) is 27.7. The Hall–Kier alpha value is -1.46. The van der Waals surface area contributed by atoms with Gasteiger partial charge < -0.3 is 19.3 Å². The maximum Gasteiger partial charge on any atom is 0.410 e. The molecule has 22 heavy (non-hydrogen) atoms. The fourth-order valence-electron chi connectivity index (χ4n) is 2.98. The molecule has 2 fully saturated rings. The Kier molecular flexibility index (Phi) is 4.59. The van der Waals surface area contributed by atoms with E-state index in [1.807, 2.05) is 39.5 Å². The molecular weight excluding hydrogens is 284 g/mol. The summed E-state index contributed by atoms with van der Waals surface area (Å²) < 4.78 is 10.8. The molecule has 1 unspecified atom stereocenters. The normalized spacial score (nSPS) is 25.7. The molecule has 1 atom stereocenters. The molecule has 0 bridgehead atoms. The summed E-state index contributed by atoms with van der Waals surface area (Å²) in [5.74, 6) is 0. The Morgan fingerprint density at radius 2 is 1.95 bits per heavy atom. The molecule has 6 nitrogen and oxygen atoms in total. The van der Waals surface area contributed by atoms with E-state index in [4.69, 9.17) is 9.47 Å². The van der Waals surface area contributed by atoms with Crippen molar-refractivity contribution in [3.8, 4) is 0 Å². The second-order valence-electron chi connectivity index (χ2n) is 7.81. The van der Waals surface area contributed by atoms with Gasteiger partial charge in [-0.2, -0.15) is 0 Å². The highest BCUT2D eigenvalue weighted by molar-refractivity contribution is 5.71. The molecule has 0 N–H and O–H groups in total. The Balaban J connectivity index is 1.93. The molecule has 2 aliphatic rings. The lowest BCUT2D eigenvalue weighted by Crippen LogP contribution is -2.40. The van der Waals surface area contributed by atoms with Crippen LogP contribution in [0.2, 0.25) is 0 Å². The van der Waals surface area contributed by atoms with Crippen molar-refractivity contribution in [3.05, 3.63) is 0 Å². The van der Waals surface area contributed by atoms with Crippen LogP contribution in [-0.4, -0.2) is 58.9 Å². The standard InChI is InChI=1S/C16H28N2O4/c1-15(2,3)21-13(19)17-9-6-7-12(8-10-17)18-11-16(4,5)22-14(18)20/h12H,6-11H2,1-5H3. The molecule has 0 saturated carbocycles. The van der Waals surface area contributed by atoms with Crippen LogP contribution >= 0.6 is 0 Å². The lowest BCUT2D eigenvalue weighted by atomic mass is 10.1. The number of amides is 2. The Morgan fingerprint density at radius 3 is 2.50 bits per heavy atom. The average Bonchev–Trinajstić information content (AvgIpc) is 2.53. The first-order valence-corrected chi connectivity index (χ1v) is 8.05. The van der Waals surface area contributed by atoms with Crippen LogP contribution in [0.4, 0.5) is 9.59 Å². The van der Waals surface area contributed by atoms with E-state index in [1.54, 1.807) is 4.90 Å². The van der Waals surface area contributed by atoms with Crippen molar-refractivity contribution in [1.82, 2.24) is 9.80 Å². The first-order valence-electron chi connectivity index (χ1n) is 8.05. The number of ether oxygens (including phenoxy) is 2. The van der Waals surface area contributed by atoms with Crippen LogP contribution in [0.25, 0.3) is 0 Å². The predicted molar refractivity (Wildman–Crippen MR) is 82.7 cm³/mol. The molecule has 2 heterocycles. The third-order valence-electron chi connectivity index (χ3n) is 3.94. The van der Waals surface area contributed by atoms with Crippen LogP contribution in [0.5, 0.6) is 0 Å². The van der Waals surface area contributed by atoms with Crippen molar-refractivity contribution in [2.24, 2.45) is 0 Å². The van der Waals surface area contributed by atoms with E-state index in [-0.39, 0.29) is 18.2 Å². The molecular formula is C16H28N2O4. The molecule has 0 spiro atoms. The van der Waals surface area contributed by atoms with E-state index >= 15 is 0 Å². The Morgan fingerprint density at radius 1 is 1.27 bits per heavy atom. The molecule has 6 heteroatoms. The predicted octanol–water partition coefficient (Wildman–Crippen LogP) is 3.01. The van der Waals surface area contributed by atoms with E-state index in [0.717, 1.165) is 19.3 Å². The number of likely N-dealkylation sites (tertiary alicyclic amines) is 1. The zero-order valence-corrected chi connectivity index (χ0v) is 14.3. The van der Waals surface area contributed by atoms with Gasteiger partial charge in [0.15, 0.2) is 0 Å². The van der Waals surface area contributed by atoms with Crippen LogP contribution in [0, 0.1) is 0 Å². The van der Waals surface area contributed by atoms with Gasteiger partial charge in [0.2, 0.25) is 0 Å². The Bertz CT molecular complexity index is 442. The third-order valence-corrected chi connectivity index (χ3v) is 3.94. The largest absolute Gasteiger partial charge is 0.444 e. The molecule has 2 aliphatic heterocycles. The minimum Gasteiger partial charge on any atom is -0.444 e. The minimum absolute atomic E-state index is 0.140. The van der Waals surface area contributed by atoms with Gasteiger partial charge in [0.1, 0.15) is 11.2 Å². The highest BCUT2D eigenvalue weighted by Gasteiger charge is 2.41. The molecule has 0 radical (unpaired) electrons. The van der Waals surface area contributed by atoms with Crippen LogP contribution in [0.3, 0.4) is 0 Å². The smallest absolute Gasteiger partial charge is 0.410 e. The highest BCUT2D eigenvalue weighted by atomic mass is 16.6. The maximum absolute atomic E-state index is 12.2. The van der Waals surface area contributed by atoms with E-state index in [2.05, 4.69) is 0 Å². The van der Waals surface area contributed by atoms with Crippen LogP contribution in [0.15, 0.2) is 0 Å². The van der Waals surface area contributed by atoms with Crippen LogP contribution in [0.1, 0.15) is 53.9 Å². The zero-order chi connectivity index (χ0) is 16.5. The summed E-state index contributed by atoms with van der Waals surface area (Å²) in [7, 11) is 0. The summed E-state index contributed by atoms with van der Waals surface area (Å²) in [6.07, 6.45) is 2.03. The van der Waals surface area contributed by atoms with Crippen LogP contribution in [-0.2, 0) is 9.47 Å². The summed E-state index contributed by atoms with van der Waals surface area (Å²) >= 11 is 0. The first kappa shape index (κ1) is 16.9. The van der Waals surface area contributed by atoms with Crippen LogP contribution < -0.4 is 0 Å². The molecule has 0 aliphatic carbocycles. The van der Waals surface area contributed by atoms with Gasteiger partial charge in [-0.05, 0) is 53.9 Å². The van der Waals surface area contributed by atoms with E-state index < -0.39 is 11.2 Å². The summed E-state index contributed by atoms with van der Waals surface area (Å²) in [5.41, 5.74) is -0.903. The fraction of sp³-hybridized carbons (Fsp3) is 0.875. The van der Waals surface area contributed by atoms with Crippen molar-refractivity contribution in [2.45, 2.75) is 71.1 Å². The van der Waals surface area contributed by atoms with Gasteiger partial charge >= 0.3 is 12.2 Å². The van der Waals surface area contributed by atoms with Gasteiger partial charge in [0, 0.05) is 19.1 Å². The second-order valence-corrected chi connectivity index (χ2v) is 7.81. The van der Waals surface area contributed by atoms with Gasteiger partial charge in [-0.3, -0.25) is 0 Å². The minimum atomic E-state index is -0.481. The van der Waals surface area contributed by atoms with Crippen molar-refractivity contribution in [2.75, 3.05) is 19.6 Å². The quantitative estimate of drug-likeness (QED) is 0.747. The van der Waals surface area contributed by atoms with E-state index in [1.165, 1.54) is 0 Å². The lowest BCUT2D eigenvalue weighted by molar-refractivity contribution is 0.0254. The van der Waals surface area contributed by atoms with Gasteiger partial charge in [-0.1, -0.05) is 0 Å². The van der Waals surface area contributed by atoms with Crippen molar-refractivity contribution >= 4 is 12.2 Å². The molecule has 2 rings (SSSR count). The molecule has 2 amide bonds. The number of carbonyl (C=O) groups is 2. The molecule has 0 aromatic carbocycles. The number of hydrogen-bond donors (Lipinski definition) is 0. The monoisotopic (exact) mass is 312 g/mol. The summed E-state index contributed by atoms with van der Waals surface area (Å²) in [6, 6.07) is 0.140. The van der Waals surface area contributed by atoms with Gasteiger partial charge in [-0.25, -0.2) is 9.59 Å². The fourth-order valence-corrected chi connectivity index (χ4v) is 2.98. The lowest BCUT2D eigenvalue weighted by Gasteiger charge is -2.27. The molecule has 0 aromatic rings. The topological polar surface area (TPSA) is 59.1 Å². The van der Waals surface area contributed by atoms with Crippen molar-refractivity contribution < 1.29 is 19.1 Å². The number of hydrogen-bond acceptors (Lipinski definition) is 4. The average molecular weight is 312 g/mol. The highest BCUT2D eigenvalue weighted by Crippen LogP contribution is 2.28. The van der Waals surface area contributed by atoms with E-state index in [0.29, 0.717) is 19.6 Å². The van der Waals surface area contributed by atoms with Crippen molar-refractivity contribution in [1.29, 1.82) is 0 Å². The number of rotatable bonds is 1. The molecule has 126 valence electrons.